The maximum absolute atomic E-state index is 10.4. The summed E-state index contributed by atoms with van der Waals surface area (Å²) in [7, 11) is 0. The van der Waals surface area contributed by atoms with Crippen molar-refractivity contribution in [2.45, 2.75) is 103 Å². The van der Waals surface area contributed by atoms with E-state index in [1.165, 1.54) is 83.5 Å². The predicted octanol–water partition coefficient (Wildman–Crippen LogP) is 5.94. The average molecular weight is 282 g/mol. The Labute approximate surface area is 125 Å². The van der Waals surface area contributed by atoms with Crippen LogP contribution in [0.5, 0.6) is 0 Å². The van der Waals surface area contributed by atoms with Crippen molar-refractivity contribution >= 4 is 5.97 Å². The minimum absolute atomic E-state index is 0.350. The lowest BCUT2D eigenvalue weighted by Gasteiger charge is -2.18. The van der Waals surface area contributed by atoms with Crippen LogP contribution in [0.15, 0.2) is 0 Å². The molecular formula is C18H34O2. The third-order valence-electron chi connectivity index (χ3n) is 4.73. The number of carbonyl (C=O) groups is 1. The van der Waals surface area contributed by atoms with Crippen LogP contribution >= 0.6 is 0 Å². The molecule has 0 bridgehead atoms. The molecule has 0 radical (unpaired) electrons. The van der Waals surface area contributed by atoms with E-state index in [-0.39, 0.29) is 0 Å². The van der Waals surface area contributed by atoms with E-state index < -0.39 is 5.97 Å². The summed E-state index contributed by atoms with van der Waals surface area (Å²) in [6.45, 7) is 0. The van der Waals surface area contributed by atoms with Gasteiger partial charge in [0.25, 0.3) is 0 Å². The molecule has 118 valence electrons. The fourth-order valence-corrected chi connectivity index (χ4v) is 3.42. The Bertz CT molecular complexity index is 228. The molecule has 1 rings (SSSR count). The molecule has 0 aromatic carbocycles. The number of aliphatic carboxylic acids is 1. The Kier molecular flexibility index (Phi) is 10.7. The van der Waals surface area contributed by atoms with Crippen molar-refractivity contribution < 1.29 is 9.90 Å². The smallest absolute Gasteiger partial charge is 0.303 e. The number of rotatable bonds is 8. The van der Waals surface area contributed by atoms with Crippen LogP contribution < -0.4 is 0 Å². The minimum Gasteiger partial charge on any atom is -0.481 e. The van der Waals surface area contributed by atoms with Crippen LogP contribution in [0, 0.1) is 5.92 Å². The van der Waals surface area contributed by atoms with E-state index in [1.807, 2.05) is 0 Å². The Hall–Kier alpha value is -0.530. The van der Waals surface area contributed by atoms with Gasteiger partial charge in [0.15, 0.2) is 0 Å². The van der Waals surface area contributed by atoms with Crippen LogP contribution in [-0.2, 0) is 4.79 Å². The first kappa shape index (κ1) is 17.5. The summed E-state index contributed by atoms with van der Waals surface area (Å²) >= 11 is 0. The molecule has 2 nitrogen and oxygen atoms in total. The molecule has 0 aliphatic heterocycles. The molecule has 0 saturated heterocycles. The second-order valence-electron chi connectivity index (χ2n) is 6.62. The molecule has 0 aromatic heterocycles. The first-order valence-electron chi connectivity index (χ1n) is 9.01. The Balaban J connectivity index is 1.99. The van der Waals surface area contributed by atoms with Crippen LogP contribution in [0.3, 0.4) is 0 Å². The number of carboxylic acid groups (broad SMARTS) is 1. The number of hydrogen-bond acceptors (Lipinski definition) is 1. The fraction of sp³-hybridized carbons (Fsp3) is 0.944. The first-order valence-corrected chi connectivity index (χ1v) is 9.01. The predicted molar refractivity (Wildman–Crippen MR) is 85.0 cm³/mol. The van der Waals surface area contributed by atoms with Crippen molar-refractivity contribution in [1.29, 1.82) is 0 Å². The molecule has 2 heteroatoms. The summed E-state index contributed by atoms with van der Waals surface area (Å²) in [4.78, 5) is 10.4. The van der Waals surface area contributed by atoms with Gasteiger partial charge in [0, 0.05) is 6.42 Å². The van der Waals surface area contributed by atoms with E-state index in [9.17, 15) is 4.79 Å². The Morgan fingerprint density at radius 1 is 0.750 bits per heavy atom. The first-order chi connectivity index (χ1) is 9.79. The number of carboxylic acids is 1. The van der Waals surface area contributed by atoms with Gasteiger partial charge >= 0.3 is 5.97 Å². The van der Waals surface area contributed by atoms with Crippen molar-refractivity contribution in [3.63, 3.8) is 0 Å². The average Bonchev–Trinajstić information content (AvgIpc) is 2.44. The van der Waals surface area contributed by atoms with Gasteiger partial charge in [-0.3, -0.25) is 4.79 Å². The number of hydrogen-bond donors (Lipinski definition) is 1. The third kappa shape index (κ3) is 10.3. The summed E-state index contributed by atoms with van der Waals surface area (Å²) in [5.41, 5.74) is 0. The normalized spacial score (nSPS) is 18.8. The largest absolute Gasteiger partial charge is 0.481 e. The van der Waals surface area contributed by atoms with E-state index in [4.69, 9.17) is 5.11 Å². The second-order valence-corrected chi connectivity index (χ2v) is 6.62. The van der Waals surface area contributed by atoms with Crippen LogP contribution in [0.4, 0.5) is 0 Å². The van der Waals surface area contributed by atoms with Crippen molar-refractivity contribution in [3.8, 4) is 0 Å². The van der Waals surface area contributed by atoms with Gasteiger partial charge in [0.2, 0.25) is 0 Å². The molecule has 20 heavy (non-hydrogen) atoms. The Morgan fingerprint density at radius 3 is 1.85 bits per heavy atom. The standard InChI is InChI=1S/C18H34O2/c19-18(20)16-12-8-4-7-11-15-17-13-9-5-2-1-3-6-10-14-17/h17H,1-16H2,(H,19,20). The molecule has 0 unspecified atom stereocenters. The van der Waals surface area contributed by atoms with E-state index >= 15 is 0 Å². The van der Waals surface area contributed by atoms with Crippen molar-refractivity contribution in [2.24, 2.45) is 5.92 Å². The van der Waals surface area contributed by atoms with Gasteiger partial charge in [0.05, 0.1) is 0 Å². The SMILES string of the molecule is O=C(O)CCCCCCCC1CCCCCCCCC1. The second kappa shape index (κ2) is 12.2. The molecule has 0 amide bonds. The summed E-state index contributed by atoms with van der Waals surface area (Å²) in [5, 5.41) is 8.58. The molecule has 1 aliphatic carbocycles. The zero-order valence-electron chi connectivity index (χ0n) is 13.2. The van der Waals surface area contributed by atoms with Crippen LogP contribution in [0.25, 0.3) is 0 Å². The minimum atomic E-state index is -0.647. The third-order valence-corrected chi connectivity index (χ3v) is 4.73. The molecule has 1 aliphatic rings. The maximum Gasteiger partial charge on any atom is 0.303 e. The lowest BCUT2D eigenvalue weighted by molar-refractivity contribution is -0.137. The van der Waals surface area contributed by atoms with Gasteiger partial charge in [-0.15, -0.1) is 0 Å². The summed E-state index contributed by atoms with van der Waals surface area (Å²) in [5.74, 6) is 0.332. The molecule has 0 atom stereocenters. The molecule has 0 aromatic rings. The van der Waals surface area contributed by atoms with E-state index in [0.29, 0.717) is 6.42 Å². The van der Waals surface area contributed by atoms with Gasteiger partial charge in [-0.25, -0.2) is 0 Å². The number of unbranched alkanes of at least 4 members (excludes halogenated alkanes) is 4. The van der Waals surface area contributed by atoms with Crippen LogP contribution in [-0.4, -0.2) is 11.1 Å². The van der Waals surface area contributed by atoms with E-state index in [2.05, 4.69) is 0 Å². The van der Waals surface area contributed by atoms with E-state index in [0.717, 1.165) is 18.8 Å². The van der Waals surface area contributed by atoms with Crippen molar-refractivity contribution in [2.75, 3.05) is 0 Å². The summed E-state index contributed by atoms with van der Waals surface area (Å²) < 4.78 is 0. The topological polar surface area (TPSA) is 37.3 Å². The van der Waals surface area contributed by atoms with Crippen LogP contribution in [0.1, 0.15) is 103 Å². The highest BCUT2D eigenvalue weighted by Crippen LogP contribution is 2.25. The fourth-order valence-electron chi connectivity index (χ4n) is 3.42. The zero-order chi connectivity index (χ0) is 14.5. The lowest BCUT2D eigenvalue weighted by Crippen LogP contribution is -2.02. The maximum atomic E-state index is 10.4. The molecule has 1 N–H and O–H groups in total. The highest BCUT2D eigenvalue weighted by Gasteiger charge is 2.09. The van der Waals surface area contributed by atoms with Crippen LogP contribution in [0.2, 0.25) is 0 Å². The molecule has 1 fully saturated rings. The highest BCUT2D eigenvalue weighted by atomic mass is 16.4. The zero-order valence-corrected chi connectivity index (χ0v) is 13.2. The summed E-state index contributed by atoms with van der Waals surface area (Å²) in [6.07, 6.45) is 20.7. The molecule has 0 heterocycles. The Morgan fingerprint density at radius 2 is 1.25 bits per heavy atom. The van der Waals surface area contributed by atoms with E-state index in [1.54, 1.807) is 0 Å². The summed E-state index contributed by atoms with van der Waals surface area (Å²) in [6, 6.07) is 0. The molecular weight excluding hydrogens is 248 g/mol. The van der Waals surface area contributed by atoms with Crippen molar-refractivity contribution in [1.82, 2.24) is 0 Å². The molecule has 0 spiro atoms. The highest BCUT2D eigenvalue weighted by molar-refractivity contribution is 5.66. The van der Waals surface area contributed by atoms with Gasteiger partial charge < -0.3 is 5.11 Å². The quantitative estimate of drug-likeness (QED) is 0.559. The van der Waals surface area contributed by atoms with Gasteiger partial charge in [0.1, 0.15) is 0 Å². The van der Waals surface area contributed by atoms with Crippen molar-refractivity contribution in [3.05, 3.63) is 0 Å². The monoisotopic (exact) mass is 282 g/mol. The molecule has 1 saturated carbocycles. The van der Waals surface area contributed by atoms with Gasteiger partial charge in [-0.1, -0.05) is 89.9 Å². The van der Waals surface area contributed by atoms with Gasteiger partial charge in [-0.2, -0.15) is 0 Å². The lowest BCUT2D eigenvalue weighted by atomic mass is 9.88. The van der Waals surface area contributed by atoms with Gasteiger partial charge in [-0.05, 0) is 12.3 Å².